The average molecular weight is 646 g/mol. The third-order valence-electron chi connectivity index (χ3n) is 7.88. The van der Waals surface area contributed by atoms with Gasteiger partial charge in [0.2, 0.25) is 18.0 Å². The fraction of sp³-hybridized carbons (Fsp3) is 0.469. The summed E-state index contributed by atoms with van der Waals surface area (Å²) in [7, 11) is 0. The standard InChI is InChI=1S/C32H39Cl2N5O5/c1-3-4-11-35-31(41)19-36-12-13-37(23-36)22-32(29-10-5-25(33)18-30(29)34)43-21-28(44-32)20-42-27-8-6-26(7-9-27)39-16-14-38(15-17-39)24(2)40/h5-10,12-13,18,23,28H,3-4,11,14-17,19-22H2,1-2H3/p+1/t28-,32-/m1/s1. The van der Waals surface area contributed by atoms with Gasteiger partial charge in [0, 0.05) is 55.9 Å². The number of carbonyl (C=O) groups excluding carboxylic acids is 2. The van der Waals surface area contributed by atoms with Crippen molar-refractivity contribution in [1.29, 1.82) is 0 Å². The molecule has 2 aliphatic rings. The van der Waals surface area contributed by atoms with Crippen LogP contribution in [-0.2, 0) is 37.9 Å². The minimum Gasteiger partial charge on any atom is -0.491 e. The van der Waals surface area contributed by atoms with Crippen molar-refractivity contribution in [2.75, 3.05) is 50.8 Å². The van der Waals surface area contributed by atoms with E-state index >= 15 is 0 Å². The number of piperazine rings is 1. The van der Waals surface area contributed by atoms with Gasteiger partial charge in [0.15, 0.2) is 6.54 Å². The summed E-state index contributed by atoms with van der Waals surface area (Å²) in [4.78, 5) is 28.1. The number of unbranched alkanes of at least 4 members (excludes halogenated alkanes) is 1. The lowest BCUT2D eigenvalue weighted by Crippen LogP contribution is -2.48. The Kier molecular flexibility index (Phi) is 10.7. The second-order valence-electron chi connectivity index (χ2n) is 11.2. The highest BCUT2D eigenvalue weighted by atomic mass is 35.5. The van der Waals surface area contributed by atoms with Gasteiger partial charge in [-0.3, -0.25) is 9.59 Å². The zero-order chi connectivity index (χ0) is 31.1. The van der Waals surface area contributed by atoms with Gasteiger partial charge in [-0.2, -0.15) is 0 Å². The first kappa shape index (κ1) is 32.1. The van der Waals surface area contributed by atoms with E-state index in [4.69, 9.17) is 37.4 Å². The number of rotatable bonds is 12. The van der Waals surface area contributed by atoms with Crippen LogP contribution in [0.25, 0.3) is 0 Å². The summed E-state index contributed by atoms with van der Waals surface area (Å²) in [5.41, 5.74) is 1.76. The molecule has 0 spiro atoms. The highest BCUT2D eigenvalue weighted by Crippen LogP contribution is 2.40. The van der Waals surface area contributed by atoms with Crippen LogP contribution < -0.4 is 19.5 Å². The summed E-state index contributed by atoms with van der Waals surface area (Å²) < 4.78 is 22.8. The molecule has 0 saturated carbocycles. The number of ether oxygens (including phenoxy) is 3. The molecule has 0 unspecified atom stereocenters. The molecule has 1 N–H and O–H groups in total. The van der Waals surface area contributed by atoms with Gasteiger partial charge in [-0.1, -0.05) is 42.6 Å². The fourth-order valence-corrected chi connectivity index (χ4v) is 6.02. The largest absolute Gasteiger partial charge is 0.491 e. The van der Waals surface area contributed by atoms with Gasteiger partial charge in [0.25, 0.3) is 5.91 Å². The van der Waals surface area contributed by atoms with Crippen LogP contribution in [0.15, 0.2) is 61.2 Å². The van der Waals surface area contributed by atoms with Crippen LogP contribution >= 0.6 is 23.2 Å². The highest BCUT2D eigenvalue weighted by Gasteiger charge is 2.47. The molecule has 2 amide bonds. The number of amides is 2. The van der Waals surface area contributed by atoms with Crippen LogP contribution in [0, 0.1) is 0 Å². The van der Waals surface area contributed by atoms with E-state index in [1.807, 2.05) is 63.1 Å². The van der Waals surface area contributed by atoms with E-state index < -0.39 is 5.79 Å². The molecule has 236 valence electrons. The molecule has 1 aromatic heterocycles. The Labute approximate surface area is 268 Å². The predicted molar refractivity (Wildman–Crippen MR) is 168 cm³/mol. The first-order valence-corrected chi connectivity index (χ1v) is 15.8. The Morgan fingerprint density at radius 3 is 2.59 bits per heavy atom. The molecule has 0 bridgehead atoms. The molecule has 2 aliphatic heterocycles. The molecule has 2 saturated heterocycles. The van der Waals surface area contributed by atoms with E-state index in [-0.39, 0.29) is 31.1 Å². The number of halogens is 2. The third-order valence-corrected chi connectivity index (χ3v) is 8.43. The van der Waals surface area contributed by atoms with E-state index in [1.165, 1.54) is 0 Å². The molecular weight excluding hydrogens is 605 g/mol. The van der Waals surface area contributed by atoms with E-state index in [2.05, 4.69) is 17.1 Å². The maximum atomic E-state index is 12.3. The summed E-state index contributed by atoms with van der Waals surface area (Å²) in [5.74, 6) is -0.369. The SMILES string of the molecule is CCCCNC(=O)C[n+]1ccn(C[C@@]2(c3ccc(Cl)cc3Cl)OC[C@@H](COc3ccc(N4CCN(C(C)=O)CC4)cc3)O2)c1. The lowest BCUT2D eigenvalue weighted by molar-refractivity contribution is -0.684. The Balaban J connectivity index is 1.22. The normalized spacial score (nSPS) is 20.1. The Morgan fingerprint density at radius 1 is 1.11 bits per heavy atom. The van der Waals surface area contributed by atoms with Gasteiger partial charge in [-0.15, -0.1) is 0 Å². The van der Waals surface area contributed by atoms with Crippen molar-refractivity contribution in [3.63, 3.8) is 0 Å². The molecule has 3 heterocycles. The number of aromatic nitrogens is 2. The molecule has 3 aromatic rings. The zero-order valence-electron chi connectivity index (χ0n) is 25.2. The number of nitrogens with zero attached hydrogens (tertiary/aromatic N) is 4. The summed E-state index contributed by atoms with van der Waals surface area (Å²) in [6.07, 6.45) is 7.20. The number of hydrogen-bond donors (Lipinski definition) is 1. The highest BCUT2D eigenvalue weighted by molar-refractivity contribution is 6.35. The fourth-order valence-electron chi connectivity index (χ4n) is 5.47. The topological polar surface area (TPSA) is 89.2 Å². The number of imidazole rings is 1. The summed E-state index contributed by atoms with van der Waals surface area (Å²) in [6.45, 7) is 8.54. The lowest BCUT2D eigenvalue weighted by Gasteiger charge is -2.35. The second kappa shape index (κ2) is 14.6. The Hall–Kier alpha value is -3.31. The van der Waals surface area contributed by atoms with Gasteiger partial charge < -0.3 is 29.3 Å². The van der Waals surface area contributed by atoms with Crippen LogP contribution in [0.1, 0.15) is 32.3 Å². The molecule has 0 radical (unpaired) electrons. The van der Waals surface area contributed by atoms with Crippen molar-refractivity contribution in [1.82, 2.24) is 14.8 Å². The predicted octanol–water partition coefficient (Wildman–Crippen LogP) is 4.01. The number of anilines is 1. The Bertz CT molecular complexity index is 1430. The van der Waals surface area contributed by atoms with Crippen LogP contribution in [0.3, 0.4) is 0 Å². The van der Waals surface area contributed by atoms with Crippen LogP contribution in [-0.4, -0.2) is 73.3 Å². The minimum absolute atomic E-state index is 0.0363. The molecule has 2 fully saturated rings. The summed E-state index contributed by atoms with van der Waals surface area (Å²) in [6, 6.07) is 13.2. The van der Waals surface area contributed by atoms with E-state index in [0.717, 1.165) is 50.5 Å². The van der Waals surface area contributed by atoms with Gasteiger partial charge in [0.05, 0.1) is 11.6 Å². The lowest BCUT2D eigenvalue weighted by atomic mass is 10.1. The van der Waals surface area contributed by atoms with E-state index in [1.54, 1.807) is 19.1 Å². The first-order chi connectivity index (χ1) is 21.2. The molecule has 2 aromatic carbocycles. The van der Waals surface area contributed by atoms with E-state index in [0.29, 0.717) is 35.3 Å². The zero-order valence-corrected chi connectivity index (χ0v) is 26.7. The van der Waals surface area contributed by atoms with Crippen molar-refractivity contribution in [3.05, 3.63) is 76.8 Å². The third kappa shape index (κ3) is 8.04. The summed E-state index contributed by atoms with van der Waals surface area (Å²) >= 11 is 12.9. The van der Waals surface area contributed by atoms with Crippen molar-refractivity contribution in [3.8, 4) is 5.75 Å². The molecule has 5 rings (SSSR count). The maximum Gasteiger partial charge on any atom is 0.262 e. The number of nitrogens with one attached hydrogen (secondary N) is 1. The van der Waals surface area contributed by atoms with Gasteiger partial charge in [-0.05, 0) is 42.8 Å². The van der Waals surface area contributed by atoms with Crippen LogP contribution in [0.2, 0.25) is 10.0 Å². The van der Waals surface area contributed by atoms with Crippen molar-refractivity contribution in [2.24, 2.45) is 0 Å². The molecule has 0 aliphatic carbocycles. The van der Waals surface area contributed by atoms with Gasteiger partial charge in [0.1, 0.15) is 37.4 Å². The van der Waals surface area contributed by atoms with Gasteiger partial charge >= 0.3 is 0 Å². The van der Waals surface area contributed by atoms with E-state index in [9.17, 15) is 9.59 Å². The number of benzene rings is 2. The number of carbonyl (C=O) groups is 2. The molecule has 2 atom stereocenters. The maximum absolute atomic E-state index is 12.3. The van der Waals surface area contributed by atoms with Crippen molar-refractivity contribution >= 4 is 40.7 Å². The Morgan fingerprint density at radius 2 is 1.89 bits per heavy atom. The van der Waals surface area contributed by atoms with Gasteiger partial charge in [-0.25, -0.2) is 9.13 Å². The smallest absolute Gasteiger partial charge is 0.262 e. The summed E-state index contributed by atoms with van der Waals surface area (Å²) in [5, 5.41) is 3.90. The monoisotopic (exact) mass is 644 g/mol. The number of hydrogen-bond acceptors (Lipinski definition) is 6. The van der Waals surface area contributed by atoms with Crippen molar-refractivity contribution < 1.29 is 28.4 Å². The first-order valence-electron chi connectivity index (χ1n) is 15.1. The molecule has 44 heavy (non-hydrogen) atoms. The second-order valence-corrected chi connectivity index (χ2v) is 12.0. The average Bonchev–Trinajstić information content (AvgIpc) is 3.63. The van der Waals surface area contributed by atoms with Crippen LogP contribution in [0.4, 0.5) is 5.69 Å². The van der Waals surface area contributed by atoms with Crippen molar-refractivity contribution in [2.45, 2.75) is 51.7 Å². The molecule has 10 nitrogen and oxygen atoms in total. The molecule has 12 heteroatoms. The quantitative estimate of drug-likeness (QED) is 0.237. The van der Waals surface area contributed by atoms with Crippen LogP contribution in [0.5, 0.6) is 5.75 Å². The molecular formula is C32H40Cl2N5O5+. The minimum atomic E-state index is -1.18.